The molecule has 0 spiro atoms. The molecule has 4 rings (SSSR count). The number of hydrogen-bond donors (Lipinski definition) is 2. The molecule has 9 heteroatoms. The van der Waals surface area contributed by atoms with Gasteiger partial charge in [0, 0.05) is 19.0 Å². The van der Waals surface area contributed by atoms with Crippen molar-refractivity contribution < 1.29 is 18.7 Å². The van der Waals surface area contributed by atoms with Crippen LogP contribution in [-0.4, -0.2) is 46.2 Å². The number of aromatic nitrogens is 2. The standard InChI is InChI=1S/C22H26FN5O3/c1-2-18(29)27-8-3-4-16(12-27)28-21(24)19(22(25)30)20(26-28)13-7-9-31-17-6-5-15(23)11-14(17)10-13/h2,5-6,11,13,16H,1,3-4,7-10,12,24H2,(H2,25,30). The Morgan fingerprint density at radius 3 is 2.87 bits per heavy atom. The number of nitrogens with two attached hydrogens (primary N) is 2. The quantitative estimate of drug-likeness (QED) is 0.726. The third-order valence-corrected chi connectivity index (χ3v) is 6.05. The van der Waals surface area contributed by atoms with E-state index in [9.17, 15) is 14.0 Å². The highest BCUT2D eigenvalue weighted by molar-refractivity contribution is 5.98. The summed E-state index contributed by atoms with van der Waals surface area (Å²) in [5, 5.41) is 4.71. The molecule has 2 aromatic rings. The van der Waals surface area contributed by atoms with Crippen LogP contribution >= 0.6 is 0 Å². The molecule has 8 nitrogen and oxygen atoms in total. The van der Waals surface area contributed by atoms with Crippen molar-refractivity contribution in [2.75, 3.05) is 25.4 Å². The van der Waals surface area contributed by atoms with E-state index in [1.807, 2.05) is 0 Å². The van der Waals surface area contributed by atoms with Crippen molar-refractivity contribution >= 4 is 17.6 Å². The number of ether oxygens (including phenoxy) is 1. The van der Waals surface area contributed by atoms with E-state index in [-0.39, 0.29) is 35.1 Å². The molecular weight excluding hydrogens is 401 g/mol. The Kier molecular flexibility index (Phi) is 5.67. The van der Waals surface area contributed by atoms with E-state index in [0.717, 1.165) is 12.8 Å². The van der Waals surface area contributed by atoms with Crippen molar-refractivity contribution in [1.82, 2.24) is 14.7 Å². The Balaban J connectivity index is 1.69. The van der Waals surface area contributed by atoms with Gasteiger partial charge in [-0.3, -0.25) is 9.59 Å². The molecule has 3 heterocycles. The lowest BCUT2D eigenvalue weighted by atomic mass is 9.91. The van der Waals surface area contributed by atoms with E-state index < -0.39 is 5.91 Å². The van der Waals surface area contributed by atoms with Crippen LogP contribution in [0.5, 0.6) is 5.75 Å². The topological polar surface area (TPSA) is 116 Å². The summed E-state index contributed by atoms with van der Waals surface area (Å²) in [5.74, 6) is -0.530. The molecular formula is C22H26FN5O3. The van der Waals surface area contributed by atoms with Crippen LogP contribution in [0.3, 0.4) is 0 Å². The average Bonchev–Trinajstić information content (AvgIpc) is 2.97. The van der Waals surface area contributed by atoms with Gasteiger partial charge in [0.25, 0.3) is 5.91 Å². The summed E-state index contributed by atoms with van der Waals surface area (Å²) in [6.07, 6.45) is 3.88. The van der Waals surface area contributed by atoms with Crippen molar-refractivity contribution in [2.24, 2.45) is 5.73 Å². The number of hydrogen-bond acceptors (Lipinski definition) is 5. The number of primary amides is 1. The smallest absolute Gasteiger partial charge is 0.254 e. The Hall–Kier alpha value is -3.36. The highest BCUT2D eigenvalue weighted by atomic mass is 19.1. The molecule has 0 radical (unpaired) electrons. The van der Waals surface area contributed by atoms with E-state index in [1.54, 1.807) is 15.6 Å². The van der Waals surface area contributed by atoms with Gasteiger partial charge >= 0.3 is 0 Å². The Morgan fingerprint density at radius 2 is 2.13 bits per heavy atom. The number of rotatable bonds is 4. The lowest BCUT2D eigenvalue weighted by molar-refractivity contribution is -0.127. The molecule has 0 aliphatic carbocycles. The molecule has 2 unspecified atom stereocenters. The summed E-state index contributed by atoms with van der Waals surface area (Å²) in [7, 11) is 0. The van der Waals surface area contributed by atoms with E-state index >= 15 is 0 Å². The normalized spacial score (nSPS) is 21.0. The Bertz CT molecular complexity index is 1030. The zero-order valence-corrected chi connectivity index (χ0v) is 17.2. The van der Waals surface area contributed by atoms with Crippen LogP contribution in [-0.2, 0) is 11.2 Å². The number of halogens is 1. The second kappa shape index (κ2) is 8.41. The first-order valence-electron chi connectivity index (χ1n) is 10.4. The Morgan fingerprint density at radius 1 is 1.32 bits per heavy atom. The number of carbonyl (C=O) groups excluding carboxylic acids is 2. The summed E-state index contributed by atoms with van der Waals surface area (Å²) in [6.45, 7) is 5.02. The molecule has 164 valence electrons. The third-order valence-electron chi connectivity index (χ3n) is 6.05. The minimum Gasteiger partial charge on any atom is -0.493 e. The van der Waals surface area contributed by atoms with Crippen molar-refractivity contribution in [3.8, 4) is 5.75 Å². The lowest BCUT2D eigenvalue weighted by Crippen LogP contribution is -2.40. The fourth-order valence-corrected chi connectivity index (χ4v) is 4.53. The second-order valence-electron chi connectivity index (χ2n) is 8.03. The number of anilines is 1. The maximum atomic E-state index is 13.8. The molecule has 1 aromatic heterocycles. The van der Waals surface area contributed by atoms with Gasteiger partial charge in [-0.2, -0.15) is 5.10 Å². The first-order valence-corrected chi connectivity index (χ1v) is 10.4. The minimum atomic E-state index is -0.654. The molecule has 1 aromatic carbocycles. The number of piperidine rings is 1. The first kappa shape index (κ1) is 20.9. The fourth-order valence-electron chi connectivity index (χ4n) is 4.53. The van der Waals surface area contributed by atoms with E-state index in [2.05, 4.69) is 6.58 Å². The van der Waals surface area contributed by atoms with Crippen molar-refractivity contribution in [1.29, 1.82) is 0 Å². The van der Waals surface area contributed by atoms with Crippen LogP contribution in [0.25, 0.3) is 0 Å². The average molecular weight is 427 g/mol. The number of carbonyl (C=O) groups is 2. The van der Waals surface area contributed by atoms with Gasteiger partial charge in [-0.25, -0.2) is 9.07 Å². The summed E-state index contributed by atoms with van der Waals surface area (Å²) >= 11 is 0. The molecule has 1 saturated heterocycles. The fraction of sp³-hybridized carbons (Fsp3) is 0.409. The van der Waals surface area contributed by atoms with Gasteiger partial charge in [0.2, 0.25) is 5.91 Å². The van der Waals surface area contributed by atoms with Gasteiger partial charge in [0.1, 0.15) is 22.9 Å². The highest BCUT2D eigenvalue weighted by Crippen LogP contribution is 2.36. The maximum Gasteiger partial charge on any atom is 0.254 e. The van der Waals surface area contributed by atoms with Gasteiger partial charge in [0.05, 0.1) is 18.3 Å². The second-order valence-corrected chi connectivity index (χ2v) is 8.03. The zero-order valence-electron chi connectivity index (χ0n) is 17.2. The summed E-state index contributed by atoms with van der Waals surface area (Å²) in [6, 6.07) is 4.25. The number of fused-ring (bicyclic) bond motifs is 1. The third kappa shape index (κ3) is 3.99. The molecule has 2 amide bonds. The molecule has 2 atom stereocenters. The SMILES string of the molecule is C=CC(=O)N1CCCC(n2nc(C3CCOc4ccc(F)cc4C3)c(C(N)=O)c2N)C1. The summed E-state index contributed by atoms with van der Waals surface area (Å²) in [5.41, 5.74) is 13.4. The largest absolute Gasteiger partial charge is 0.493 e. The molecule has 2 aliphatic rings. The van der Waals surface area contributed by atoms with Gasteiger partial charge in [0.15, 0.2) is 0 Å². The van der Waals surface area contributed by atoms with Gasteiger partial charge in [-0.1, -0.05) is 6.58 Å². The first-order chi connectivity index (χ1) is 14.9. The molecule has 2 aliphatic heterocycles. The van der Waals surface area contributed by atoms with Crippen molar-refractivity contribution in [2.45, 2.75) is 37.6 Å². The van der Waals surface area contributed by atoms with Gasteiger partial charge in [-0.05, 0) is 55.5 Å². The van der Waals surface area contributed by atoms with Crippen molar-refractivity contribution in [3.05, 3.63) is 53.5 Å². The van der Waals surface area contributed by atoms with Gasteiger partial charge < -0.3 is 21.1 Å². The predicted octanol–water partition coefficient (Wildman–Crippen LogP) is 2.16. The van der Waals surface area contributed by atoms with E-state index in [4.69, 9.17) is 21.3 Å². The van der Waals surface area contributed by atoms with Crippen LogP contribution in [0.1, 0.15) is 52.8 Å². The molecule has 1 fully saturated rings. The molecule has 4 N–H and O–H groups in total. The number of benzene rings is 1. The lowest BCUT2D eigenvalue weighted by Gasteiger charge is -2.32. The number of nitrogen functional groups attached to an aromatic ring is 1. The van der Waals surface area contributed by atoms with Crippen LogP contribution in [0.15, 0.2) is 30.9 Å². The molecule has 0 saturated carbocycles. The molecule has 31 heavy (non-hydrogen) atoms. The van der Waals surface area contributed by atoms with Gasteiger partial charge in [-0.15, -0.1) is 0 Å². The monoisotopic (exact) mass is 427 g/mol. The van der Waals surface area contributed by atoms with Crippen molar-refractivity contribution in [3.63, 3.8) is 0 Å². The van der Waals surface area contributed by atoms with Crippen LogP contribution in [0.4, 0.5) is 10.2 Å². The van der Waals surface area contributed by atoms with Crippen LogP contribution < -0.4 is 16.2 Å². The van der Waals surface area contributed by atoms with Crippen LogP contribution in [0, 0.1) is 5.82 Å². The number of likely N-dealkylation sites (tertiary alicyclic amines) is 1. The van der Waals surface area contributed by atoms with E-state index in [1.165, 1.54) is 18.2 Å². The summed E-state index contributed by atoms with van der Waals surface area (Å²) in [4.78, 5) is 26.1. The zero-order chi connectivity index (χ0) is 22.1. The Labute approximate surface area is 179 Å². The predicted molar refractivity (Wildman–Crippen MR) is 113 cm³/mol. The molecule has 0 bridgehead atoms. The van der Waals surface area contributed by atoms with E-state index in [0.29, 0.717) is 49.5 Å². The minimum absolute atomic E-state index is 0.148. The maximum absolute atomic E-state index is 13.8. The number of amides is 2. The highest BCUT2D eigenvalue weighted by Gasteiger charge is 2.33. The van der Waals surface area contributed by atoms with Crippen LogP contribution in [0.2, 0.25) is 0 Å². The summed E-state index contributed by atoms with van der Waals surface area (Å²) < 4.78 is 21.2. The number of nitrogens with zero attached hydrogens (tertiary/aromatic N) is 3.